The Labute approximate surface area is 154 Å². The molecule has 0 saturated carbocycles. The first-order chi connectivity index (χ1) is 12.5. The highest BCUT2D eigenvalue weighted by Gasteiger charge is 2.22. The number of rotatable bonds is 9. The van der Waals surface area contributed by atoms with E-state index in [1.54, 1.807) is 25.0 Å². The highest BCUT2D eigenvalue weighted by molar-refractivity contribution is 5.83. The minimum atomic E-state index is -0.458. The Morgan fingerprint density at radius 2 is 2.08 bits per heavy atom. The molecule has 2 atom stereocenters. The number of methoxy groups -OCH3 is 1. The second-order valence-electron chi connectivity index (χ2n) is 6.16. The van der Waals surface area contributed by atoms with Crippen LogP contribution in [0.15, 0.2) is 30.6 Å². The predicted octanol–water partition coefficient (Wildman–Crippen LogP) is 2.36. The van der Waals surface area contributed by atoms with Crippen molar-refractivity contribution in [3.8, 4) is 11.5 Å². The van der Waals surface area contributed by atoms with E-state index >= 15 is 0 Å². The third-order valence-corrected chi connectivity index (χ3v) is 4.12. The van der Waals surface area contributed by atoms with Gasteiger partial charge in [-0.25, -0.2) is 0 Å². The zero-order chi connectivity index (χ0) is 19.1. The molecule has 1 aromatic heterocycles. The summed E-state index contributed by atoms with van der Waals surface area (Å²) in [7, 11) is 5.19. The molecule has 0 spiro atoms. The summed E-state index contributed by atoms with van der Waals surface area (Å²) in [6.07, 6.45) is 4.44. The summed E-state index contributed by atoms with van der Waals surface area (Å²) in [5.41, 5.74) is 1.76. The summed E-state index contributed by atoms with van der Waals surface area (Å²) in [5.74, 6) is 1.26. The molecule has 2 aromatic rings. The Morgan fingerprint density at radius 1 is 1.31 bits per heavy atom. The molecule has 0 fully saturated rings. The van der Waals surface area contributed by atoms with Crippen molar-refractivity contribution < 1.29 is 14.3 Å². The number of hydrogen-bond donors (Lipinski definition) is 2. The third-order valence-electron chi connectivity index (χ3n) is 4.12. The van der Waals surface area contributed by atoms with Crippen LogP contribution < -0.4 is 20.1 Å². The molecule has 1 amide bonds. The summed E-state index contributed by atoms with van der Waals surface area (Å²) in [6, 6.07) is 5.08. The van der Waals surface area contributed by atoms with Crippen LogP contribution in [0.3, 0.4) is 0 Å². The van der Waals surface area contributed by atoms with E-state index in [1.165, 1.54) is 0 Å². The van der Waals surface area contributed by atoms with Crippen LogP contribution in [-0.4, -0.2) is 36.5 Å². The molecule has 0 aliphatic carbocycles. The van der Waals surface area contributed by atoms with Crippen LogP contribution >= 0.6 is 0 Å². The number of likely N-dealkylation sites (N-methyl/N-ethyl adjacent to an activating group) is 1. The largest absolute Gasteiger partial charge is 0.493 e. The van der Waals surface area contributed by atoms with Crippen LogP contribution in [0.4, 0.5) is 0 Å². The molecular formula is C19H28N4O3. The highest BCUT2D eigenvalue weighted by atomic mass is 16.5. The lowest BCUT2D eigenvalue weighted by Crippen LogP contribution is -2.37. The molecule has 0 aliphatic heterocycles. The predicted molar refractivity (Wildman–Crippen MR) is 100 cm³/mol. The molecule has 142 valence electrons. The van der Waals surface area contributed by atoms with Gasteiger partial charge in [0.2, 0.25) is 5.91 Å². The van der Waals surface area contributed by atoms with Crippen molar-refractivity contribution in [2.24, 2.45) is 7.05 Å². The fourth-order valence-corrected chi connectivity index (χ4v) is 2.70. The standard InChI is InChI=1S/C19H28N4O3/c1-6-9-26-16-8-7-14(10-17(16)25-5)13(2)22-19(24)18(20-3)15-11-21-23(4)12-15/h7-8,10-13,18,20H,6,9H2,1-5H3,(H,22,24). The molecule has 0 radical (unpaired) electrons. The molecule has 1 heterocycles. The number of hydrogen-bond acceptors (Lipinski definition) is 5. The van der Waals surface area contributed by atoms with Crippen molar-refractivity contribution in [2.45, 2.75) is 32.4 Å². The molecular weight excluding hydrogens is 332 g/mol. The van der Waals surface area contributed by atoms with Gasteiger partial charge in [0, 0.05) is 18.8 Å². The SMILES string of the molecule is CCCOc1ccc(C(C)NC(=O)C(NC)c2cnn(C)c2)cc1OC. The lowest BCUT2D eigenvalue weighted by molar-refractivity contribution is -0.123. The van der Waals surface area contributed by atoms with Crippen molar-refractivity contribution in [1.82, 2.24) is 20.4 Å². The fraction of sp³-hybridized carbons (Fsp3) is 0.474. The molecule has 26 heavy (non-hydrogen) atoms. The number of carbonyl (C=O) groups is 1. The van der Waals surface area contributed by atoms with E-state index in [0.717, 1.165) is 17.5 Å². The van der Waals surface area contributed by atoms with Gasteiger partial charge in [-0.05, 0) is 38.1 Å². The van der Waals surface area contributed by atoms with Crippen molar-refractivity contribution in [2.75, 3.05) is 20.8 Å². The monoisotopic (exact) mass is 360 g/mol. The number of aryl methyl sites for hydroxylation is 1. The van der Waals surface area contributed by atoms with Gasteiger partial charge in [-0.1, -0.05) is 13.0 Å². The Balaban J connectivity index is 2.10. The molecule has 7 nitrogen and oxygen atoms in total. The maximum absolute atomic E-state index is 12.7. The number of ether oxygens (including phenoxy) is 2. The maximum Gasteiger partial charge on any atom is 0.242 e. The van der Waals surface area contributed by atoms with E-state index < -0.39 is 6.04 Å². The van der Waals surface area contributed by atoms with Gasteiger partial charge in [-0.15, -0.1) is 0 Å². The van der Waals surface area contributed by atoms with Crippen LogP contribution in [0.25, 0.3) is 0 Å². The zero-order valence-corrected chi connectivity index (χ0v) is 16.1. The maximum atomic E-state index is 12.7. The number of aromatic nitrogens is 2. The van der Waals surface area contributed by atoms with Crippen molar-refractivity contribution >= 4 is 5.91 Å². The Hall–Kier alpha value is -2.54. The number of carbonyl (C=O) groups excluding carboxylic acids is 1. The smallest absolute Gasteiger partial charge is 0.242 e. The summed E-state index contributed by atoms with van der Waals surface area (Å²) < 4.78 is 12.8. The molecule has 0 saturated heterocycles. The third kappa shape index (κ3) is 4.76. The van der Waals surface area contributed by atoms with Crippen LogP contribution in [0.1, 0.15) is 43.5 Å². The molecule has 7 heteroatoms. The second-order valence-corrected chi connectivity index (χ2v) is 6.16. The molecule has 2 N–H and O–H groups in total. The number of nitrogens with one attached hydrogen (secondary N) is 2. The van der Waals surface area contributed by atoms with E-state index in [-0.39, 0.29) is 11.9 Å². The average molecular weight is 360 g/mol. The van der Waals surface area contributed by atoms with E-state index in [1.807, 2.05) is 38.4 Å². The van der Waals surface area contributed by atoms with Crippen LogP contribution in [0.5, 0.6) is 11.5 Å². The number of nitrogens with zero attached hydrogens (tertiary/aromatic N) is 2. The number of amides is 1. The first-order valence-electron chi connectivity index (χ1n) is 8.77. The number of benzene rings is 1. The molecule has 0 bridgehead atoms. The van der Waals surface area contributed by atoms with E-state index in [0.29, 0.717) is 18.1 Å². The normalized spacial score (nSPS) is 13.1. The highest BCUT2D eigenvalue weighted by Crippen LogP contribution is 2.30. The van der Waals surface area contributed by atoms with E-state index in [2.05, 4.69) is 22.7 Å². The van der Waals surface area contributed by atoms with Gasteiger partial charge in [0.15, 0.2) is 11.5 Å². The van der Waals surface area contributed by atoms with Crippen LogP contribution in [-0.2, 0) is 11.8 Å². The lowest BCUT2D eigenvalue weighted by atomic mass is 10.1. The van der Waals surface area contributed by atoms with E-state index in [9.17, 15) is 4.79 Å². The Kier molecular flexibility index (Phi) is 7.03. The fourth-order valence-electron chi connectivity index (χ4n) is 2.70. The van der Waals surface area contributed by atoms with Gasteiger partial charge in [0.1, 0.15) is 6.04 Å². The lowest BCUT2D eigenvalue weighted by Gasteiger charge is -2.20. The van der Waals surface area contributed by atoms with Crippen molar-refractivity contribution in [3.05, 3.63) is 41.7 Å². The van der Waals surface area contributed by atoms with Crippen LogP contribution in [0, 0.1) is 0 Å². The van der Waals surface area contributed by atoms with Gasteiger partial charge in [0.05, 0.1) is 26.0 Å². The van der Waals surface area contributed by atoms with Crippen molar-refractivity contribution in [3.63, 3.8) is 0 Å². The second kappa shape index (κ2) is 9.24. The topological polar surface area (TPSA) is 77.4 Å². The summed E-state index contributed by atoms with van der Waals surface area (Å²) >= 11 is 0. The van der Waals surface area contributed by atoms with Gasteiger partial charge >= 0.3 is 0 Å². The Bertz CT molecular complexity index is 729. The molecule has 0 aliphatic rings. The molecule has 1 aromatic carbocycles. The first-order valence-corrected chi connectivity index (χ1v) is 8.77. The summed E-state index contributed by atoms with van der Waals surface area (Å²) in [5, 5.41) is 10.2. The minimum absolute atomic E-state index is 0.113. The average Bonchev–Trinajstić information content (AvgIpc) is 3.06. The van der Waals surface area contributed by atoms with Crippen molar-refractivity contribution in [1.29, 1.82) is 0 Å². The van der Waals surface area contributed by atoms with Gasteiger partial charge in [0.25, 0.3) is 0 Å². The molecule has 2 unspecified atom stereocenters. The summed E-state index contributed by atoms with van der Waals surface area (Å²) in [4.78, 5) is 12.7. The Morgan fingerprint density at radius 3 is 2.65 bits per heavy atom. The van der Waals surface area contributed by atoms with Crippen LogP contribution in [0.2, 0.25) is 0 Å². The zero-order valence-electron chi connectivity index (χ0n) is 16.1. The van der Waals surface area contributed by atoms with Gasteiger partial charge in [-0.3, -0.25) is 9.48 Å². The first kappa shape index (κ1) is 19.8. The van der Waals surface area contributed by atoms with E-state index in [4.69, 9.17) is 9.47 Å². The molecule has 2 rings (SSSR count). The summed E-state index contributed by atoms with van der Waals surface area (Å²) in [6.45, 7) is 4.63. The quantitative estimate of drug-likeness (QED) is 0.718. The minimum Gasteiger partial charge on any atom is -0.493 e. The van der Waals surface area contributed by atoms with Gasteiger partial charge in [-0.2, -0.15) is 5.10 Å². The van der Waals surface area contributed by atoms with Gasteiger partial charge < -0.3 is 20.1 Å².